The van der Waals surface area contributed by atoms with Crippen molar-refractivity contribution in [3.8, 4) is 0 Å². The molecule has 1 aliphatic rings. The van der Waals surface area contributed by atoms with E-state index < -0.39 is 0 Å². The SMILES string of the molecule is NCc1ncccc1N1CCC(OCCO)CC1. The molecule has 2 heterocycles. The van der Waals surface area contributed by atoms with Crippen LogP contribution < -0.4 is 10.6 Å². The second kappa shape index (κ2) is 6.68. The monoisotopic (exact) mass is 251 g/mol. The van der Waals surface area contributed by atoms with E-state index >= 15 is 0 Å². The number of piperidine rings is 1. The van der Waals surface area contributed by atoms with E-state index in [1.54, 1.807) is 6.20 Å². The number of anilines is 1. The fraction of sp³-hybridized carbons (Fsp3) is 0.615. The van der Waals surface area contributed by atoms with Crippen LogP contribution in [0.4, 0.5) is 5.69 Å². The summed E-state index contributed by atoms with van der Waals surface area (Å²) in [6.45, 7) is 2.91. The molecule has 1 saturated heterocycles. The Bertz CT molecular complexity index is 365. The standard InChI is InChI=1S/C13H21N3O2/c14-10-12-13(2-1-5-15-12)16-6-3-11(4-7-16)18-9-8-17/h1-2,5,11,17H,3-4,6-10,14H2. The van der Waals surface area contributed by atoms with Crippen LogP contribution in [0.1, 0.15) is 18.5 Å². The highest BCUT2D eigenvalue weighted by Gasteiger charge is 2.21. The molecule has 0 bridgehead atoms. The lowest BCUT2D eigenvalue weighted by Crippen LogP contribution is -2.38. The van der Waals surface area contributed by atoms with Gasteiger partial charge in [0.15, 0.2) is 0 Å². The minimum atomic E-state index is 0.0974. The first-order chi connectivity index (χ1) is 8.85. The first kappa shape index (κ1) is 13.3. The van der Waals surface area contributed by atoms with Gasteiger partial charge in [-0.3, -0.25) is 4.98 Å². The Morgan fingerprint density at radius 2 is 2.22 bits per heavy atom. The van der Waals surface area contributed by atoms with E-state index in [0.717, 1.165) is 37.3 Å². The molecule has 1 fully saturated rings. The lowest BCUT2D eigenvalue weighted by Gasteiger charge is -2.34. The van der Waals surface area contributed by atoms with Gasteiger partial charge >= 0.3 is 0 Å². The zero-order valence-corrected chi connectivity index (χ0v) is 10.6. The third kappa shape index (κ3) is 3.19. The van der Waals surface area contributed by atoms with Crippen molar-refractivity contribution in [2.75, 3.05) is 31.2 Å². The molecular formula is C13H21N3O2. The van der Waals surface area contributed by atoms with Crippen LogP contribution in [-0.4, -0.2) is 42.5 Å². The van der Waals surface area contributed by atoms with Crippen LogP contribution in [0.5, 0.6) is 0 Å². The van der Waals surface area contributed by atoms with Gasteiger partial charge in [-0.25, -0.2) is 0 Å². The van der Waals surface area contributed by atoms with Crippen LogP contribution >= 0.6 is 0 Å². The number of ether oxygens (including phenoxy) is 1. The Kier molecular flexibility index (Phi) is 4.92. The molecule has 1 aromatic heterocycles. The van der Waals surface area contributed by atoms with Gasteiger partial charge in [-0.15, -0.1) is 0 Å². The van der Waals surface area contributed by atoms with Gasteiger partial charge in [-0.05, 0) is 25.0 Å². The third-order valence-electron chi connectivity index (χ3n) is 3.29. The summed E-state index contributed by atoms with van der Waals surface area (Å²) in [5, 5.41) is 8.74. The number of rotatable bonds is 5. The fourth-order valence-corrected chi connectivity index (χ4v) is 2.36. The molecule has 0 unspecified atom stereocenters. The predicted octanol–water partition coefficient (Wildman–Crippen LogP) is 0.518. The lowest BCUT2D eigenvalue weighted by molar-refractivity contribution is 0.0159. The Labute approximate surface area is 108 Å². The van der Waals surface area contributed by atoms with Crippen LogP contribution in [0, 0.1) is 0 Å². The maximum Gasteiger partial charge on any atom is 0.0772 e. The second-order valence-corrected chi connectivity index (χ2v) is 4.45. The van der Waals surface area contributed by atoms with Gasteiger partial charge in [0.25, 0.3) is 0 Å². The van der Waals surface area contributed by atoms with E-state index in [-0.39, 0.29) is 12.7 Å². The number of nitrogens with two attached hydrogens (primary N) is 1. The molecule has 0 aliphatic carbocycles. The van der Waals surface area contributed by atoms with Crippen LogP contribution in [0.15, 0.2) is 18.3 Å². The number of aliphatic hydroxyl groups is 1. The minimum Gasteiger partial charge on any atom is -0.394 e. The quantitative estimate of drug-likeness (QED) is 0.798. The first-order valence-electron chi connectivity index (χ1n) is 6.46. The Hall–Kier alpha value is -1.17. The smallest absolute Gasteiger partial charge is 0.0772 e. The molecule has 0 saturated carbocycles. The van der Waals surface area contributed by atoms with Gasteiger partial charge in [0.2, 0.25) is 0 Å². The molecule has 0 aromatic carbocycles. The lowest BCUT2D eigenvalue weighted by atomic mass is 10.1. The normalized spacial score (nSPS) is 17.1. The molecule has 0 amide bonds. The van der Waals surface area contributed by atoms with Crippen molar-refractivity contribution in [2.24, 2.45) is 5.73 Å². The highest BCUT2D eigenvalue weighted by atomic mass is 16.5. The Balaban J connectivity index is 1.92. The average molecular weight is 251 g/mol. The van der Waals surface area contributed by atoms with Crippen LogP contribution in [0.2, 0.25) is 0 Å². The molecule has 0 radical (unpaired) electrons. The average Bonchev–Trinajstić information content (AvgIpc) is 2.45. The summed E-state index contributed by atoms with van der Waals surface area (Å²) in [4.78, 5) is 6.62. The Morgan fingerprint density at radius 3 is 2.89 bits per heavy atom. The van der Waals surface area contributed by atoms with Crippen molar-refractivity contribution >= 4 is 5.69 Å². The van der Waals surface area contributed by atoms with Gasteiger partial charge in [0.05, 0.1) is 30.7 Å². The number of pyridine rings is 1. The van der Waals surface area contributed by atoms with E-state index in [1.807, 2.05) is 6.07 Å². The fourth-order valence-electron chi connectivity index (χ4n) is 2.36. The zero-order valence-electron chi connectivity index (χ0n) is 10.6. The number of aliphatic hydroxyl groups excluding tert-OH is 1. The van der Waals surface area contributed by atoms with Crippen LogP contribution in [0.25, 0.3) is 0 Å². The van der Waals surface area contributed by atoms with Gasteiger partial charge < -0.3 is 20.5 Å². The van der Waals surface area contributed by atoms with E-state index in [0.29, 0.717) is 13.2 Å². The summed E-state index contributed by atoms with van der Waals surface area (Å²) in [5.41, 5.74) is 7.80. The summed E-state index contributed by atoms with van der Waals surface area (Å²) in [6.07, 6.45) is 4.02. The molecule has 18 heavy (non-hydrogen) atoms. The Morgan fingerprint density at radius 1 is 1.44 bits per heavy atom. The topological polar surface area (TPSA) is 71.6 Å². The van der Waals surface area contributed by atoms with Crippen molar-refractivity contribution in [3.63, 3.8) is 0 Å². The van der Waals surface area contributed by atoms with Crippen LogP contribution in [-0.2, 0) is 11.3 Å². The number of hydrogen-bond donors (Lipinski definition) is 2. The number of nitrogens with zero attached hydrogens (tertiary/aromatic N) is 2. The molecule has 0 spiro atoms. The van der Waals surface area contributed by atoms with Gasteiger partial charge in [0, 0.05) is 25.8 Å². The molecule has 0 atom stereocenters. The van der Waals surface area contributed by atoms with Gasteiger partial charge in [0.1, 0.15) is 0 Å². The van der Waals surface area contributed by atoms with Crippen molar-refractivity contribution in [1.82, 2.24) is 4.98 Å². The largest absolute Gasteiger partial charge is 0.394 e. The highest BCUT2D eigenvalue weighted by Crippen LogP contribution is 2.23. The third-order valence-corrected chi connectivity index (χ3v) is 3.29. The predicted molar refractivity (Wildman–Crippen MR) is 70.4 cm³/mol. The van der Waals surface area contributed by atoms with Crippen molar-refractivity contribution in [1.29, 1.82) is 0 Å². The van der Waals surface area contributed by atoms with Crippen LogP contribution in [0.3, 0.4) is 0 Å². The number of hydrogen-bond acceptors (Lipinski definition) is 5. The van der Waals surface area contributed by atoms with E-state index in [9.17, 15) is 0 Å². The molecule has 2 rings (SSSR count). The minimum absolute atomic E-state index is 0.0974. The summed E-state index contributed by atoms with van der Waals surface area (Å²) < 4.78 is 5.56. The summed E-state index contributed by atoms with van der Waals surface area (Å²) in [6, 6.07) is 4.02. The molecule has 1 aliphatic heterocycles. The summed E-state index contributed by atoms with van der Waals surface area (Å²) >= 11 is 0. The molecular weight excluding hydrogens is 230 g/mol. The molecule has 5 heteroatoms. The second-order valence-electron chi connectivity index (χ2n) is 4.45. The van der Waals surface area contributed by atoms with Crippen molar-refractivity contribution in [2.45, 2.75) is 25.5 Å². The maximum absolute atomic E-state index is 8.74. The molecule has 5 nitrogen and oxygen atoms in total. The van der Waals surface area contributed by atoms with Gasteiger partial charge in [-0.2, -0.15) is 0 Å². The maximum atomic E-state index is 8.74. The first-order valence-corrected chi connectivity index (χ1v) is 6.46. The molecule has 100 valence electrons. The van der Waals surface area contributed by atoms with E-state index in [4.69, 9.17) is 15.6 Å². The number of aromatic nitrogens is 1. The highest BCUT2D eigenvalue weighted by molar-refractivity contribution is 5.50. The van der Waals surface area contributed by atoms with E-state index in [1.165, 1.54) is 0 Å². The molecule has 1 aromatic rings. The summed E-state index contributed by atoms with van der Waals surface area (Å²) in [5.74, 6) is 0. The van der Waals surface area contributed by atoms with Gasteiger partial charge in [-0.1, -0.05) is 0 Å². The zero-order chi connectivity index (χ0) is 12.8. The van der Waals surface area contributed by atoms with Crippen molar-refractivity contribution in [3.05, 3.63) is 24.0 Å². The van der Waals surface area contributed by atoms with Crippen molar-refractivity contribution < 1.29 is 9.84 Å². The molecule has 3 N–H and O–H groups in total. The van der Waals surface area contributed by atoms with E-state index in [2.05, 4.69) is 16.0 Å². The summed E-state index contributed by atoms with van der Waals surface area (Å²) in [7, 11) is 0.